The predicted octanol–water partition coefficient (Wildman–Crippen LogP) is 5.12. The molecule has 2 aliphatic rings. The van der Waals surface area contributed by atoms with Gasteiger partial charge in [0.25, 0.3) is 5.91 Å². The molecule has 0 aromatic heterocycles. The lowest BCUT2D eigenvalue weighted by Crippen LogP contribution is -2.37. The first-order valence-corrected chi connectivity index (χ1v) is 12.1. The SMILES string of the molecule is CN1CCC[C@H]1COc1ccc(CN2CC[C@H](NC(=O)c3ccc(Cl)c(Cl)c3)C2)cc1Cl. The molecule has 2 atom stereocenters. The van der Waals surface area contributed by atoms with E-state index in [1.54, 1.807) is 18.2 Å². The molecule has 172 valence electrons. The summed E-state index contributed by atoms with van der Waals surface area (Å²) in [6.45, 7) is 4.28. The van der Waals surface area contributed by atoms with E-state index in [4.69, 9.17) is 39.5 Å². The molecule has 5 nitrogen and oxygen atoms in total. The third kappa shape index (κ3) is 5.89. The van der Waals surface area contributed by atoms with Gasteiger partial charge in [-0.2, -0.15) is 0 Å². The van der Waals surface area contributed by atoms with Gasteiger partial charge in [-0.15, -0.1) is 0 Å². The molecule has 0 bridgehead atoms. The smallest absolute Gasteiger partial charge is 0.251 e. The number of nitrogens with one attached hydrogen (secondary N) is 1. The van der Waals surface area contributed by atoms with Crippen molar-refractivity contribution in [1.82, 2.24) is 15.1 Å². The van der Waals surface area contributed by atoms with E-state index in [9.17, 15) is 4.79 Å². The second-order valence-corrected chi connectivity index (χ2v) is 9.90. The van der Waals surface area contributed by atoms with Gasteiger partial charge in [0.05, 0.1) is 15.1 Å². The Balaban J connectivity index is 1.27. The van der Waals surface area contributed by atoms with E-state index < -0.39 is 0 Å². The molecule has 4 rings (SSSR count). The summed E-state index contributed by atoms with van der Waals surface area (Å²) in [5.74, 6) is 0.608. The third-order valence-electron chi connectivity index (χ3n) is 6.29. The summed E-state index contributed by atoms with van der Waals surface area (Å²) < 4.78 is 5.98. The van der Waals surface area contributed by atoms with Crippen LogP contribution in [0.3, 0.4) is 0 Å². The first-order chi connectivity index (χ1) is 15.4. The zero-order chi connectivity index (χ0) is 22.7. The molecule has 2 aromatic carbocycles. The van der Waals surface area contributed by atoms with Crippen molar-refractivity contribution in [3.63, 3.8) is 0 Å². The largest absolute Gasteiger partial charge is 0.490 e. The molecule has 1 N–H and O–H groups in total. The molecular formula is C24H28Cl3N3O2. The number of likely N-dealkylation sites (N-methyl/N-ethyl adjacent to an activating group) is 1. The van der Waals surface area contributed by atoms with Crippen molar-refractivity contribution in [3.8, 4) is 5.75 Å². The second-order valence-electron chi connectivity index (χ2n) is 8.68. The van der Waals surface area contributed by atoms with Gasteiger partial charge in [0, 0.05) is 37.3 Å². The van der Waals surface area contributed by atoms with Gasteiger partial charge in [0.2, 0.25) is 0 Å². The maximum atomic E-state index is 12.5. The highest BCUT2D eigenvalue weighted by Gasteiger charge is 2.25. The molecule has 0 aliphatic carbocycles. The van der Waals surface area contributed by atoms with Crippen LogP contribution >= 0.6 is 34.8 Å². The average Bonchev–Trinajstić information content (AvgIpc) is 3.38. The first-order valence-electron chi connectivity index (χ1n) is 11.0. The molecule has 2 saturated heterocycles. The van der Waals surface area contributed by atoms with Gasteiger partial charge in [-0.05, 0) is 68.8 Å². The lowest BCUT2D eigenvalue weighted by atomic mass is 10.2. The summed E-state index contributed by atoms with van der Waals surface area (Å²) in [5.41, 5.74) is 1.65. The quantitative estimate of drug-likeness (QED) is 0.577. The maximum Gasteiger partial charge on any atom is 0.251 e. The highest BCUT2D eigenvalue weighted by molar-refractivity contribution is 6.42. The first kappa shape index (κ1) is 23.7. The van der Waals surface area contributed by atoms with E-state index in [-0.39, 0.29) is 11.9 Å². The Bertz CT molecular complexity index is 972. The summed E-state index contributed by atoms with van der Waals surface area (Å²) >= 11 is 18.5. The molecule has 2 aromatic rings. The van der Waals surface area contributed by atoms with E-state index in [1.165, 1.54) is 12.8 Å². The van der Waals surface area contributed by atoms with Crippen molar-refractivity contribution in [2.45, 2.75) is 37.9 Å². The van der Waals surface area contributed by atoms with E-state index in [2.05, 4.69) is 28.2 Å². The fourth-order valence-corrected chi connectivity index (χ4v) is 4.95. The number of ether oxygens (including phenoxy) is 1. The molecule has 0 saturated carbocycles. The Morgan fingerprint density at radius 3 is 2.62 bits per heavy atom. The van der Waals surface area contributed by atoms with Gasteiger partial charge in [-0.3, -0.25) is 9.69 Å². The Kier molecular flexibility index (Phi) is 7.85. The minimum atomic E-state index is -0.132. The maximum absolute atomic E-state index is 12.5. The van der Waals surface area contributed by atoms with E-state index in [0.717, 1.165) is 43.9 Å². The number of carbonyl (C=O) groups excluding carboxylic acids is 1. The normalized spacial score (nSPS) is 21.8. The van der Waals surface area contributed by atoms with Crippen molar-refractivity contribution in [3.05, 3.63) is 62.6 Å². The topological polar surface area (TPSA) is 44.8 Å². The number of carbonyl (C=O) groups is 1. The van der Waals surface area contributed by atoms with Crippen LogP contribution in [0.4, 0.5) is 0 Å². The van der Waals surface area contributed by atoms with Crippen LogP contribution in [-0.2, 0) is 6.54 Å². The number of hydrogen-bond acceptors (Lipinski definition) is 4. The van der Waals surface area contributed by atoms with Crippen LogP contribution in [0.5, 0.6) is 5.75 Å². The average molecular weight is 497 g/mol. The predicted molar refractivity (Wildman–Crippen MR) is 130 cm³/mol. The van der Waals surface area contributed by atoms with Crippen LogP contribution in [0.2, 0.25) is 15.1 Å². The third-order valence-corrected chi connectivity index (χ3v) is 7.33. The molecular weight excluding hydrogens is 469 g/mol. The Labute approximate surface area is 204 Å². The summed E-state index contributed by atoms with van der Waals surface area (Å²) in [4.78, 5) is 17.2. The molecule has 32 heavy (non-hydrogen) atoms. The summed E-state index contributed by atoms with van der Waals surface area (Å²) in [6.07, 6.45) is 3.29. The van der Waals surface area contributed by atoms with E-state index >= 15 is 0 Å². The van der Waals surface area contributed by atoms with Crippen LogP contribution < -0.4 is 10.1 Å². The minimum Gasteiger partial charge on any atom is -0.490 e. The van der Waals surface area contributed by atoms with Gasteiger partial charge in [0.15, 0.2) is 0 Å². The number of nitrogens with zero attached hydrogens (tertiary/aromatic N) is 2. The minimum absolute atomic E-state index is 0.0958. The van der Waals surface area contributed by atoms with Crippen LogP contribution in [-0.4, -0.2) is 61.1 Å². The van der Waals surface area contributed by atoms with Gasteiger partial charge in [-0.1, -0.05) is 40.9 Å². The second kappa shape index (κ2) is 10.6. The van der Waals surface area contributed by atoms with Gasteiger partial charge >= 0.3 is 0 Å². The molecule has 2 aliphatic heterocycles. The Hall–Kier alpha value is -1.50. The number of rotatable bonds is 7. The van der Waals surface area contributed by atoms with Gasteiger partial charge in [-0.25, -0.2) is 0 Å². The van der Waals surface area contributed by atoms with Crippen molar-refractivity contribution >= 4 is 40.7 Å². The molecule has 8 heteroatoms. The molecule has 0 unspecified atom stereocenters. The van der Waals surface area contributed by atoms with Gasteiger partial charge < -0.3 is 15.0 Å². The highest BCUT2D eigenvalue weighted by atomic mass is 35.5. The van der Waals surface area contributed by atoms with Crippen LogP contribution in [0.25, 0.3) is 0 Å². The lowest BCUT2D eigenvalue weighted by molar-refractivity contribution is 0.0937. The Morgan fingerprint density at radius 2 is 1.91 bits per heavy atom. The number of benzene rings is 2. The van der Waals surface area contributed by atoms with Gasteiger partial charge in [0.1, 0.15) is 12.4 Å². The number of likely N-dealkylation sites (tertiary alicyclic amines) is 2. The molecule has 2 heterocycles. The van der Waals surface area contributed by atoms with Crippen molar-refractivity contribution in [2.24, 2.45) is 0 Å². The fraction of sp³-hybridized carbons (Fsp3) is 0.458. The van der Waals surface area contributed by atoms with Crippen LogP contribution in [0.1, 0.15) is 35.2 Å². The van der Waals surface area contributed by atoms with Crippen molar-refractivity contribution < 1.29 is 9.53 Å². The summed E-state index contributed by atoms with van der Waals surface area (Å²) in [6, 6.07) is 11.5. The summed E-state index contributed by atoms with van der Waals surface area (Å²) in [5, 5.41) is 4.56. The van der Waals surface area contributed by atoms with E-state index in [1.807, 2.05) is 12.1 Å². The number of amides is 1. The zero-order valence-electron chi connectivity index (χ0n) is 18.1. The van der Waals surface area contributed by atoms with E-state index in [0.29, 0.717) is 33.3 Å². The lowest BCUT2D eigenvalue weighted by Gasteiger charge is -2.20. The number of hydrogen-bond donors (Lipinski definition) is 1. The highest BCUT2D eigenvalue weighted by Crippen LogP contribution is 2.28. The monoisotopic (exact) mass is 495 g/mol. The molecule has 1 amide bonds. The Morgan fingerprint density at radius 1 is 1.06 bits per heavy atom. The summed E-state index contributed by atoms with van der Waals surface area (Å²) in [7, 11) is 2.14. The van der Waals surface area contributed by atoms with Crippen molar-refractivity contribution in [1.29, 1.82) is 0 Å². The van der Waals surface area contributed by atoms with Crippen LogP contribution in [0, 0.1) is 0 Å². The fourth-order valence-electron chi connectivity index (χ4n) is 4.39. The number of halogens is 3. The van der Waals surface area contributed by atoms with Crippen LogP contribution in [0.15, 0.2) is 36.4 Å². The van der Waals surface area contributed by atoms with Crippen molar-refractivity contribution in [2.75, 3.05) is 33.3 Å². The molecule has 2 fully saturated rings. The molecule has 0 radical (unpaired) electrons. The molecule has 0 spiro atoms. The zero-order valence-corrected chi connectivity index (χ0v) is 20.4. The standard InChI is InChI=1S/C24H28Cl3N3O2/c1-29-9-2-3-19(29)15-32-23-7-4-16(11-22(23)27)13-30-10-8-18(14-30)28-24(31)17-5-6-20(25)21(26)12-17/h4-7,11-12,18-19H,2-3,8-10,13-15H2,1H3,(H,28,31)/t18-,19-/m0/s1.